The topological polar surface area (TPSA) is 88.1 Å². The first-order chi connectivity index (χ1) is 11.6. The molecule has 2 rings (SSSR count). The molecule has 7 nitrogen and oxygen atoms in total. The maximum absolute atomic E-state index is 14.4. The Morgan fingerprint density at radius 3 is 2.52 bits per heavy atom. The number of hydrogen-bond acceptors (Lipinski definition) is 4. The van der Waals surface area contributed by atoms with Gasteiger partial charge in [0.05, 0.1) is 12.3 Å². The average Bonchev–Trinajstić information content (AvgIpc) is 2.94. The lowest BCUT2D eigenvalue weighted by atomic mass is 10.0. The molecule has 0 spiro atoms. The van der Waals surface area contributed by atoms with Crippen LogP contribution in [0.1, 0.15) is 37.4 Å². The maximum Gasteiger partial charge on any atom is 0.343 e. The Balaban J connectivity index is 2.37. The highest BCUT2D eigenvalue weighted by atomic mass is 32.2. The van der Waals surface area contributed by atoms with E-state index in [1.165, 1.54) is 6.92 Å². The summed E-state index contributed by atoms with van der Waals surface area (Å²) in [5.41, 5.74) is -0.652. The van der Waals surface area contributed by atoms with Crippen molar-refractivity contribution in [2.45, 2.75) is 32.9 Å². The van der Waals surface area contributed by atoms with Gasteiger partial charge in [-0.05, 0) is 25.5 Å². The SMILES string of the molecule is CCCN(Cc1cc(F)c(C(C)n2nc[nH]c2=O)cc1F)S(C)(=O)=O. The predicted octanol–water partition coefficient (Wildman–Crippen LogP) is 1.63. The second kappa shape index (κ2) is 7.44. The number of nitrogens with zero attached hydrogens (tertiary/aromatic N) is 3. The molecule has 1 atom stereocenters. The van der Waals surface area contributed by atoms with E-state index >= 15 is 0 Å². The molecule has 1 N–H and O–H groups in total. The van der Waals surface area contributed by atoms with E-state index in [2.05, 4.69) is 10.1 Å². The van der Waals surface area contributed by atoms with E-state index in [4.69, 9.17) is 0 Å². The molecular weight excluding hydrogens is 354 g/mol. The van der Waals surface area contributed by atoms with Crippen molar-refractivity contribution in [3.63, 3.8) is 0 Å². The Kier molecular flexibility index (Phi) is 5.73. The Bertz CT molecular complexity index is 908. The lowest BCUT2D eigenvalue weighted by Gasteiger charge is -2.20. The van der Waals surface area contributed by atoms with Crippen LogP contribution >= 0.6 is 0 Å². The summed E-state index contributed by atoms with van der Waals surface area (Å²) in [6.07, 6.45) is 2.74. The highest BCUT2D eigenvalue weighted by Crippen LogP contribution is 2.24. The molecule has 0 radical (unpaired) electrons. The van der Waals surface area contributed by atoms with Gasteiger partial charge in [-0.2, -0.15) is 9.40 Å². The number of aromatic nitrogens is 3. The monoisotopic (exact) mass is 374 g/mol. The quantitative estimate of drug-likeness (QED) is 0.798. The van der Waals surface area contributed by atoms with E-state index in [1.54, 1.807) is 6.92 Å². The van der Waals surface area contributed by atoms with Crippen LogP contribution in [-0.2, 0) is 16.6 Å². The van der Waals surface area contributed by atoms with Crippen LogP contribution in [0.5, 0.6) is 0 Å². The van der Waals surface area contributed by atoms with Crippen LogP contribution in [0.2, 0.25) is 0 Å². The third-order valence-electron chi connectivity index (χ3n) is 3.85. The number of sulfonamides is 1. The summed E-state index contributed by atoms with van der Waals surface area (Å²) < 4.78 is 54.5. The van der Waals surface area contributed by atoms with Crippen LogP contribution in [0, 0.1) is 11.6 Å². The fourth-order valence-corrected chi connectivity index (χ4v) is 3.41. The lowest BCUT2D eigenvalue weighted by molar-refractivity contribution is 0.399. The van der Waals surface area contributed by atoms with E-state index in [9.17, 15) is 22.0 Å². The van der Waals surface area contributed by atoms with Crippen LogP contribution in [-0.4, -0.2) is 40.3 Å². The van der Waals surface area contributed by atoms with E-state index < -0.39 is 33.4 Å². The second-order valence-corrected chi connectivity index (χ2v) is 7.76. The number of hydrogen-bond donors (Lipinski definition) is 1. The van der Waals surface area contributed by atoms with E-state index in [1.807, 2.05) is 0 Å². The predicted molar refractivity (Wildman–Crippen MR) is 88.6 cm³/mol. The molecule has 0 aliphatic heterocycles. The van der Waals surface area contributed by atoms with Gasteiger partial charge < -0.3 is 0 Å². The maximum atomic E-state index is 14.4. The average molecular weight is 374 g/mol. The number of rotatable bonds is 7. The van der Waals surface area contributed by atoms with Crippen molar-refractivity contribution in [2.24, 2.45) is 0 Å². The van der Waals surface area contributed by atoms with E-state index in [0.717, 1.165) is 33.7 Å². The van der Waals surface area contributed by atoms with Gasteiger partial charge in [-0.3, -0.25) is 4.98 Å². The zero-order valence-corrected chi connectivity index (χ0v) is 15.0. The molecule has 1 unspecified atom stereocenters. The molecule has 25 heavy (non-hydrogen) atoms. The normalized spacial score (nSPS) is 13.4. The van der Waals surface area contributed by atoms with E-state index in [0.29, 0.717) is 6.42 Å². The molecule has 138 valence electrons. The first-order valence-corrected chi connectivity index (χ1v) is 9.55. The number of halogens is 2. The molecule has 0 saturated carbocycles. The zero-order chi connectivity index (χ0) is 18.8. The lowest BCUT2D eigenvalue weighted by Crippen LogP contribution is -2.30. The summed E-state index contributed by atoms with van der Waals surface area (Å²) in [5, 5.41) is 3.76. The molecular formula is C15H20F2N4O3S. The summed E-state index contributed by atoms with van der Waals surface area (Å²) in [6, 6.07) is 1.12. The van der Waals surface area contributed by atoms with Crippen LogP contribution in [0.15, 0.2) is 23.3 Å². The molecule has 0 fully saturated rings. The van der Waals surface area contributed by atoms with Gasteiger partial charge in [0.25, 0.3) is 0 Å². The first-order valence-electron chi connectivity index (χ1n) is 7.70. The molecule has 0 amide bonds. The summed E-state index contributed by atoms with van der Waals surface area (Å²) in [7, 11) is -3.54. The van der Waals surface area contributed by atoms with Gasteiger partial charge in [0.2, 0.25) is 10.0 Å². The summed E-state index contributed by atoms with van der Waals surface area (Å²) in [5.74, 6) is -1.47. The minimum absolute atomic E-state index is 0.0446. The number of H-pyrrole nitrogens is 1. The minimum atomic E-state index is -3.54. The highest BCUT2D eigenvalue weighted by molar-refractivity contribution is 7.88. The Morgan fingerprint density at radius 2 is 2.00 bits per heavy atom. The molecule has 0 bridgehead atoms. The molecule has 0 aliphatic carbocycles. The molecule has 1 heterocycles. The zero-order valence-electron chi connectivity index (χ0n) is 14.2. The van der Waals surface area contributed by atoms with Crippen molar-refractivity contribution in [2.75, 3.05) is 12.8 Å². The second-order valence-electron chi connectivity index (χ2n) is 5.78. The summed E-state index contributed by atoms with van der Waals surface area (Å²) in [6.45, 7) is 3.26. The summed E-state index contributed by atoms with van der Waals surface area (Å²) >= 11 is 0. The van der Waals surface area contributed by atoms with Gasteiger partial charge in [0, 0.05) is 24.2 Å². The molecule has 10 heteroatoms. The molecule has 0 aliphatic rings. The first kappa shape index (κ1) is 19.3. The highest BCUT2D eigenvalue weighted by Gasteiger charge is 2.22. The van der Waals surface area contributed by atoms with Gasteiger partial charge in [0.1, 0.15) is 18.0 Å². The number of aromatic amines is 1. The minimum Gasteiger partial charge on any atom is -0.295 e. The third-order valence-corrected chi connectivity index (χ3v) is 5.10. The fourth-order valence-electron chi connectivity index (χ4n) is 2.52. The van der Waals surface area contributed by atoms with E-state index in [-0.39, 0.29) is 24.2 Å². The Labute approximate surface area is 144 Å². The van der Waals surface area contributed by atoms with Crippen molar-refractivity contribution in [3.8, 4) is 0 Å². The van der Waals surface area contributed by atoms with Gasteiger partial charge in [-0.15, -0.1) is 0 Å². The third kappa shape index (κ3) is 4.31. The van der Waals surface area contributed by atoms with Crippen molar-refractivity contribution < 1.29 is 17.2 Å². The molecule has 2 aromatic rings. The van der Waals surface area contributed by atoms with Crippen molar-refractivity contribution >= 4 is 10.0 Å². The fraction of sp³-hybridized carbons (Fsp3) is 0.467. The number of nitrogens with one attached hydrogen (secondary N) is 1. The Hall–Kier alpha value is -2.07. The molecule has 1 aromatic heterocycles. The van der Waals surface area contributed by atoms with Crippen molar-refractivity contribution in [1.29, 1.82) is 0 Å². The van der Waals surface area contributed by atoms with Crippen LogP contribution in [0.3, 0.4) is 0 Å². The summed E-state index contributed by atoms with van der Waals surface area (Å²) in [4.78, 5) is 13.9. The largest absolute Gasteiger partial charge is 0.343 e. The smallest absolute Gasteiger partial charge is 0.295 e. The van der Waals surface area contributed by atoms with Crippen molar-refractivity contribution in [3.05, 3.63) is 51.7 Å². The standard InChI is InChI=1S/C15H20F2N4O3S/c1-4-5-20(25(3,23)24)8-11-6-14(17)12(7-13(11)16)10(2)21-15(22)18-9-19-21/h6-7,9-10H,4-5,8H2,1-3H3,(H,18,19,22). The van der Waals surface area contributed by atoms with Gasteiger partial charge in [-0.1, -0.05) is 6.92 Å². The Morgan fingerprint density at radius 1 is 1.32 bits per heavy atom. The number of benzene rings is 1. The van der Waals surface area contributed by atoms with Crippen LogP contribution < -0.4 is 5.69 Å². The molecule has 0 saturated heterocycles. The van der Waals surface area contributed by atoms with Crippen LogP contribution in [0.25, 0.3) is 0 Å². The van der Waals surface area contributed by atoms with Crippen molar-refractivity contribution in [1.82, 2.24) is 19.1 Å². The van der Waals surface area contributed by atoms with Gasteiger partial charge >= 0.3 is 5.69 Å². The molecule has 1 aromatic carbocycles. The van der Waals surface area contributed by atoms with Gasteiger partial charge in [0.15, 0.2) is 0 Å². The van der Waals surface area contributed by atoms with Gasteiger partial charge in [-0.25, -0.2) is 26.7 Å². The van der Waals surface area contributed by atoms with Crippen LogP contribution in [0.4, 0.5) is 8.78 Å².